The Balaban J connectivity index is 2.14. The molecule has 0 aliphatic carbocycles. The minimum Gasteiger partial charge on any atom is -0.497 e. The maximum absolute atomic E-state index is 11.0. The fourth-order valence-electron chi connectivity index (χ4n) is 1.46. The second kappa shape index (κ2) is 5.31. The van der Waals surface area contributed by atoms with Crippen LogP contribution in [-0.2, 0) is 13.7 Å². The van der Waals surface area contributed by atoms with Gasteiger partial charge >= 0.3 is 0 Å². The van der Waals surface area contributed by atoms with E-state index < -0.39 is 0 Å². The molecule has 18 heavy (non-hydrogen) atoms. The Bertz CT molecular complexity index is 551. The van der Waals surface area contributed by atoms with Gasteiger partial charge in [0, 0.05) is 7.05 Å². The van der Waals surface area contributed by atoms with Crippen molar-refractivity contribution in [3.05, 3.63) is 35.9 Å². The zero-order chi connectivity index (χ0) is 13.0. The van der Waals surface area contributed by atoms with Gasteiger partial charge in [0.15, 0.2) is 12.1 Å². The number of hydrogen-bond donors (Lipinski definition) is 0. The molecule has 2 rings (SSSR count). The second-order valence-corrected chi connectivity index (χ2v) is 3.67. The van der Waals surface area contributed by atoms with Crippen LogP contribution in [0.3, 0.4) is 0 Å². The van der Waals surface area contributed by atoms with Gasteiger partial charge in [0.05, 0.1) is 12.7 Å². The highest BCUT2D eigenvalue weighted by molar-refractivity contribution is 5.80. The van der Waals surface area contributed by atoms with Gasteiger partial charge in [-0.1, -0.05) is 0 Å². The molecule has 0 radical (unpaired) electrons. The van der Waals surface area contributed by atoms with Gasteiger partial charge in [0.25, 0.3) is 0 Å². The molecular formula is C12H13N3O3. The molecule has 6 heteroatoms. The van der Waals surface area contributed by atoms with Crippen molar-refractivity contribution in [2.24, 2.45) is 7.05 Å². The average molecular weight is 247 g/mol. The smallest absolute Gasteiger partial charge is 0.170 e. The highest BCUT2D eigenvalue weighted by Gasteiger charge is 2.07. The first-order valence-electron chi connectivity index (χ1n) is 5.33. The quantitative estimate of drug-likeness (QED) is 0.743. The van der Waals surface area contributed by atoms with E-state index in [1.807, 2.05) is 7.05 Å². The molecule has 0 amide bonds. The molecular weight excluding hydrogens is 234 g/mol. The van der Waals surface area contributed by atoms with E-state index in [1.54, 1.807) is 36.2 Å². The largest absolute Gasteiger partial charge is 0.497 e. The number of hydrogen-bond acceptors (Lipinski definition) is 5. The number of aryl methyl sites for hydroxylation is 1. The molecule has 0 aliphatic heterocycles. The molecule has 2 aromatic rings. The number of aldehydes is 1. The molecule has 6 nitrogen and oxygen atoms in total. The minimum absolute atomic E-state index is 0.254. The predicted molar refractivity (Wildman–Crippen MR) is 63.7 cm³/mol. The Morgan fingerprint density at radius 1 is 1.44 bits per heavy atom. The predicted octanol–water partition coefficient (Wildman–Crippen LogP) is 1.22. The lowest BCUT2D eigenvalue weighted by Crippen LogP contribution is -2.04. The average Bonchev–Trinajstić information content (AvgIpc) is 2.81. The van der Waals surface area contributed by atoms with Crippen molar-refractivity contribution >= 4 is 6.29 Å². The number of rotatable bonds is 5. The van der Waals surface area contributed by atoms with Gasteiger partial charge in [0.2, 0.25) is 0 Å². The molecule has 0 spiro atoms. The lowest BCUT2D eigenvalue weighted by molar-refractivity contribution is 0.111. The number of methoxy groups -OCH3 is 1. The normalized spacial score (nSPS) is 10.1. The number of carbonyl (C=O) groups excluding carboxylic acids is 1. The molecule has 0 aliphatic rings. The molecule has 0 fully saturated rings. The van der Waals surface area contributed by atoms with E-state index >= 15 is 0 Å². The van der Waals surface area contributed by atoms with Crippen molar-refractivity contribution in [1.82, 2.24) is 14.8 Å². The van der Waals surface area contributed by atoms with Gasteiger partial charge < -0.3 is 14.0 Å². The van der Waals surface area contributed by atoms with Gasteiger partial charge in [0.1, 0.15) is 24.4 Å². The zero-order valence-electron chi connectivity index (χ0n) is 10.2. The molecule has 1 aromatic heterocycles. The minimum atomic E-state index is 0.254. The van der Waals surface area contributed by atoms with Crippen LogP contribution < -0.4 is 9.47 Å². The van der Waals surface area contributed by atoms with Gasteiger partial charge in [-0.25, -0.2) is 0 Å². The third-order valence-corrected chi connectivity index (χ3v) is 2.51. The van der Waals surface area contributed by atoms with Crippen molar-refractivity contribution in [2.45, 2.75) is 6.61 Å². The summed E-state index contributed by atoms with van der Waals surface area (Å²) < 4.78 is 12.3. The lowest BCUT2D eigenvalue weighted by atomic mass is 10.2. The molecule has 0 unspecified atom stereocenters. The Hall–Kier alpha value is -2.37. The standard InChI is InChI=1S/C12H13N3O3/c1-15-8-13-14-12(15)7-18-11-4-3-10(17-2)5-9(11)6-16/h3-6,8H,7H2,1-2H3. The van der Waals surface area contributed by atoms with Crippen molar-refractivity contribution in [3.8, 4) is 11.5 Å². The highest BCUT2D eigenvalue weighted by atomic mass is 16.5. The zero-order valence-corrected chi connectivity index (χ0v) is 10.2. The summed E-state index contributed by atoms with van der Waals surface area (Å²) in [6.07, 6.45) is 2.32. The maximum atomic E-state index is 11.0. The van der Waals surface area contributed by atoms with Crippen LogP contribution in [0.5, 0.6) is 11.5 Å². The van der Waals surface area contributed by atoms with Crippen LogP contribution in [0.4, 0.5) is 0 Å². The van der Waals surface area contributed by atoms with Crippen LogP contribution in [0.15, 0.2) is 24.5 Å². The molecule has 0 bridgehead atoms. The third kappa shape index (κ3) is 2.48. The summed E-state index contributed by atoms with van der Waals surface area (Å²) in [5.41, 5.74) is 0.441. The van der Waals surface area contributed by atoms with Crippen LogP contribution in [0, 0.1) is 0 Å². The summed E-state index contributed by atoms with van der Waals surface area (Å²) in [6, 6.07) is 5.05. The van der Waals surface area contributed by atoms with E-state index in [2.05, 4.69) is 10.2 Å². The first-order valence-corrected chi connectivity index (χ1v) is 5.33. The Labute approximate surface area is 104 Å². The van der Waals surface area contributed by atoms with E-state index in [9.17, 15) is 4.79 Å². The molecule has 1 heterocycles. The number of carbonyl (C=O) groups is 1. The molecule has 0 saturated carbocycles. The third-order valence-electron chi connectivity index (χ3n) is 2.51. The summed E-state index contributed by atoms with van der Waals surface area (Å²) in [5, 5.41) is 7.64. The van der Waals surface area contributed by atoms with Crippen LogP contribution in [-0.4, -0.2) is 28.2 Å². The fraction of sp³-hybridized carbons (Fsp3) is 0.250. The Morgan fingerprint density at radius 3 is 2.89 bits per heavy atom. The first kappa shape index (κ1) is 12.1. The molecule has 94 valence electrons. The SMILES string of the molecule is COc1ccc(OCc2nncn2C)c(C=O)c1. The fourth-order valence-corrected chi connectivity index (χ4v) is 1.46. The van der Waals surface area contributed by atoms with Crippen LogP contribution in [0.25, 0.3) is 0 Å². The van der Waals surface area contributed by atoms with Crippen molar-refractivity contribution in [2.75, 3.05) is 7.11 Å². The number of aromatic nitrogens is 3. The Kier molecular flexibility index (Phi) is 3.57. The summed E-state index contributed by atoms with van der Waals surface area (Å²) >= 11 is 0. The van der Waals surface area contributed by atoms with E-state index in [0.29, 0.717) is 22.9 Å². The second-order valence-electron chi connectivity index (χ2n) is 3.67. The molecule has 0 atom stereocenters. The monoisotopic (exact) mass is 247 g/mol. The topological polar surface area (TPSA) is 66.2 Å². The van der Waals surface area contributed by atoms with Gasteiger partial charge in [-0.05, 0) is 18.2 Å². The molecule has 0 saturated heterocycles. The van der Waals surface area contributed by atoms with E-state index in [1.165, 1.54) is 0 Å². The van der Waals surface area contributed by atoms with Gasteiger partial charge in [-0.2, -0.15) is 0 Å². The summed E-state index contributed by atoms with van der Waals surface area (Å²) in [6.45, 7) is 0.254. The highest BCUT2D eigenvalue weighted by Crippen LogP contribution is 2.23. The van der Waals surface area contributed by atoms with E-state index in [0.717, 1.165) is 6.29 Å². The van der Waals surface area contributed by atoms with E-state index in [-0.39, 0.29) is 6.61 Å². The van der Waals surface area contributed by atoms with E-state index in [4.69, 9.17) is 9.47 Å². The maximum Gasteiger partial charge on any atom is 0.170 e. The Morgan fingerprint density at radius 2 is 2.28 bits per heavy atom. The van der Waals surface area contributed by atoms with Crippen molar-refractivity contribution in [3.63, 3.8) is 0 Å². The van der Waals surface area contributed by atoms with Crippen LogP contribution in [0.1, 0.15) is 16.2 Å². The van der Waals surface area contributed by atoms with Crippen LogP contribution >= 0.6 is 0 Å². The van der Waals surface area contributed by atoms with Crippen molar-refractivity contribution in [1.29, 1.82) is 0 Å². The molecule has 0 N–H and O–H groups in total. The summed E-state index contributed by atoms with van der Waals surface area (Å²) in [5.74, 6) is 1.79. The number of benzene rings is 1. The number of nitrogens with zero attached hydrogens (tertiary/aromatic N) is 3. The van der Waals surface area contributed by atoms with Gasteiger partial charge in [-0.3, -0.25) is 4.79 Å². The van der Waals surface area contributed by atoms with Crippen molar-refractivity contribution < 1.29 is 14.3 Å². The summed E-state index contributed by atoms with van der Waals surface area (Å²) in [7, 11) is 3.37. The summed E-state index contributed by atoms with van der Waals surface area (Å²) in [4.78, 5) is 11.0. The van der Waals surface area contributed by atoms with Gasteiger partial charge in [-0.15, -0.1) is 10.2 Å². The first-order chi connectivity index (χ1) is 8.74. The van der Waals surface area contributed by atoms with Crippen LogP contribution in [0.2, 0.25) is 0 Å². The number of ether oxygens (including phenoxy) is 2. The molecule has 1 aromatic carbocycles. The lowest BCUT2D eigenvalue weighted by Gasteiger charge is -2.09.